The number of thiophene rings is 1. The maximum atomic E-state index is 13.0. The van der Waals surface area contributed by atoms with E-state index in [0.717, 1.165) is 17.7 Å². The van der Waals surface area contributed by atoms with E-state index in [9.17, 15) is 18.0 Å². The van der Waals surface area contributed by atoms with Crippen LogP contribution in [0, 0.1) is 5.92 Å². The zero-order valence-corrected chi connectivity index (χ0v) is 18.9. The van der Waals surface area contributed by atoms with Crippen LogP contribution in [0.5, 0.6) is 0 Å². The van der Waals surface area contributed by atoms with Gasteiger partial charge in [0, 0.05) is 18.0 Å². The van der Waals surface area contributed by atoms with Gasteiger partial charge in [-0.25, -0.2) is 13.2 Å². The summed E-state index contributed by atoms with van der Waals surface area (Å²) in [5.74, 6) is -0.976. The van der Waals surface area contributed by atoms with E-state index in [1.165, 1.54) is 33.8 Å². The summed E-state index contributed by atoms with van der Waals surface area (Å²) >= 11 is 7.64. The van der Waals surface area contributed by atoms with Crippen LogP contribution < -0.4 is 5.32 Å². The van der Waals surface area contributed by atoms with Gasteiger partial charge in [0.05, 0.1) is 17.1 Å². The molecule has 1 saturated heterocycles. The molecule has 1 fully saturated rings. The number of esters is 1. The molecule has 1 aliphatic heterocycles. The second kappa shape index (κ2) is 9.91. The van der Waals surface area contributed by atoms with Crippen molar-refractivity contribution in [2.75, 3.05) is 19.7 Å². The number of amides is 1. The smallest absolute Gasteiger partial charge is 0.338 e. The topological polar surface area (TPSA) is 92.8 Å². The number of rotatable bonds is 7. The molecule has 1 aromatic carbocycles. The Kier molecular flexibility index (Phi) is 7.51. The van der Waals surface area contributed by atoms with E-state index < -0.39 is 28.5 Å². The quantitative estimate of drug-likeness (QED) is 0.627. The van der Waals surface area contributed by atoms with Crippen LogP contribution in [-0.4, -0.2) is 44.3 Å². The van der Waals surface area contributed by atoms with Crippen LogP contribution in [0.3, 0.4) is 0 Å². The maximum Gasteiger partial charge on any atom is 0.338 e. The van der Waals surface area contributed by atoms with Crippen LogP contribution >= 0.6 is 22.9 Å². The number of carbonyl (C=O) groups is 2. The van der Waals surface area contributed by atoms with E-state index in [-0.39, 0.29) is 21.4 Å². The summed E-state index contributed by atoms with van der Waals surface area (Å²) in [7, 11) is -3.83. The number of piperidine rings is 1. The summed E-state index contributed by atoms with van der Waals surface area (Å²) in [5.41, 5.74) is 0.0223. The Labute approximate surface area is 185 Å². The molecule has 30 heavy (non-hydrogen) atoms. The summed E-state index contributed by atoms with van der Waals surface area (Å²) in [6.45, 7) is 2.73. The van der Waals surface area contributed by atoms with E-state index in [1.54, 1.807) is 0 Å². The average Bonchev–Trinajstić information content (AvgIpc) is 3.24. The molecule has 10 heteroatoms. The molecule has 1 atom stereocenters. The number of nitrogens with one attached hydrogen (secondary N) is 1. The molecule has 0 spiro atoms. The van der Waals surface area contributed by atoms with Crippen LogP contribution in [0.2, 0.25) is 5.02 Å². The van der Waals surface area contributed by atoms with Crippen molar-refractivity contribution in [3.63, 3.8) is 0 Å². The van der Waals surface area contributed by atoms with E-state index >= 15 is 0 Å². The van der Waals surface area contributed by atoms with E-state index in [1.807, 2.05) is 24.4 Å². The first-order valence-corrected chi connectivity index (χ1v) is 12.2. The van der Waals surface area contributed by atoms with Crippen molar-refractivity contribution in [1.82, 2.24) is 9.62 Å². The van der Waals surface area contributed by atoms with E-state index in [0.29, 0.717) is 19.6 Å². The Morgan fingerprint density at radius 2 is 2.13 bits per heavy atom. The zero-order chi connectivity index (χ0) is 21.7. The van der Waals surface area contributed by atoms with E-state index in [2.05, 4.69) is 5.32 Å². The van der Waals surface area contributed by atoms with Crippen molar-refractivity contribution in [3.05, 3.63) is 51.2 Å². The number of sulfonamides is 1. The Bertz CT molecular complexity index is 1010. The lowest BCUT2D eigenvalue weighted by molar-refractivity contribution is -0.124. The van der Waals surface area contributed by atoms with Crippen LogP contribution in [0.4, 0.5) is 0 Å². The molecule has 1 N–H and O–H groups in total. The number of benzene rings is 1. The molecule has 0 saturated carbocycles. The number of nitrogens with zero attached hydrogens (tertiary/aromatic N) is 1. The fourth-order valence-corrected chi connectivity index (χ4v) is 5.94. The first-order chi connectivity index (χ1) is 14.3. The highest BCUT2D eigenvalue weighted by Gasteiger charge is 2.31. The minimum absolute atomic E-state index is 0.0223. The van der Waals surface area contributed by atoms with Crippen molar-refractivity contribution in [2.24, 2.45) is 5.92 Å². The third-order valence-corrected chi connectivity index (χ3v) is 8.00. The summed E-state index contributed by atoms with van der Waals surface area (Å²) < 4.78 is 32.5. The first kappa shape index (κ1) is 22.7. The van der Waals surface area contributed by atoms with Gasteiger partial charge >= 0.3 is 5.97 Å². The van der Waals surface area contributed by atoms with Gasteiger partial charge in [-0.1, -0.05) is 24.6 Å². The maximum absolute atomic E-state index is 13.0. The predicted octanol–water partition coefficient (Wildman–Crippen LogP) is 3.30. The van der Waals surface area contributed by atoms with Gasteiger partial charge in [0.25, 0.3) is 5.91 Å². The molecule has 2 heterocycles. The number of hydrogen-bond donors (Lipinski definition) is 1. The van der Waals surface area contributed by atoms with Gasteiger partial charge < -0.3 is 10.1 Å². The summed E-state index contributed by atoms with van der Waals surface area (Å²) in [6.07, 6.45) is 1.75. The minimum atomic E-state index is -3.83. The van der Waals surface area contributed by atoms with Crippen LogP contribution in [-0.2, 0) is 26.1 Å². The van der Waals surface area contributed by atoms with Crippen molar-refractivity contribution in [2.45, 2.75) is 31.2 Å². The fraction of sp³-hybridized carbons (Fsp3) is 0.400. The molecule has 0 radical (unpaired) electrons. The zero-order valence-electron chi connectivity index (χ0n) is 16.5. The lowest BCUT2D eigenvalue weighted by Gasteiger charge is -2.30. The standard InChI is InChI=1S/C20H23ClN2O5S2/c1-14-4-2-8-23(12-14)30(26,27)18-10-15(6-7-17(18)21)20(25)28-13-19(24)22-11-16-5-3-9-29-16/h3,5-7,9-10,14H,2,4,8,11-13H2,1H3,(H,22,24). The van der Waals surface area contributed by atoms with Gasteiger partial charge in [-0.3, -0.25) is 4.79 Å². The lowest BCUT2D eigenvalue weighted by atomic mass is 10.0. The second-order valence-corrected chi connectivity index (χ2v) is 10.5. The molecule has 0 aliphatic carbocycles. The third kappa shape index (κ3) is 5.60. The molecule has 1 aromatic heterocycles. The van der Waals surface area contributed by atoms with Gasteiger partial charge in [-0.2, -0.15) is 4.31 Å². The average molecular weight is 471 g/mol. The highest BCUT2D eigenvalue weighted by atomic mass is 35.5. The number of carbonyl (C=O) groups excluding carboxylic acids is 2. The molecular formula is C20H23ClN2O5S2. The summed E-state index contributed by atoms with van der Waals surface area (Å²) in [4.78, 5) is 25.1. The Morgan fingerprint density at radius 3 is 2.83 bits per heavy atom. The van der Waals surface area contributed by atoms with Crippen molar-refractivity contribution in [3.8, 4) is 0 Å². The Hall–Kier alpha value is -1.94. The Balaban J connectivity index is 1.65. The molecule has 2 aromatic rings. The molecule has 0 bridgehead atoms. The van der Waals surface area contributed by atoms with Crippen LogP contribution in [0.25, 0.3) is 0 Å². The number of halogens is 1. The molecule has 3 rings (SSSR count). The van der Waals surface area contributed by atoms with Crippen LogP contribution in [0.1, 0.15) is 35.0 Å². The van der Waals surface area contributed by atoms with Crippen LogP contribution in [0.15, 0.2) is 40.6 Å². The highest BCUT2D eigenvalue weighted by molar-refractivity contribution is 7.89. The van der Waals surface area contributed by atoms with Gasteiger partial charge in [-0.05, 0) is 48.4 Å². The third-order valence-electron chi connectivity index (χ3n) is 4.78. The lowest BCUT2D eigenvalue weighted by Crippen LogP contribution is -2.39. The number of ether oxygens (including phenoxy) is 1. The normalized spacial score (nSPS) is 17.5. The molecule has 1 aliphatic rings. The highest BCUT2D eigenvalue weighted by Crippen LogP contribution is 2.29. The molecule has 1 amide bonds. The largest absolute Gasteiger partial charge is 0.452 e. The molecular weight excluding hydrogens is 448 g/mol. The van der Waals surface area contributed by atoms with Gasteiger partial charge in [0.15, 0.2) is 6.61 Å². The molecule has 162 valence electrons. The summed E-state index contributed by atoms with van der Waals surface area (Å²) in [6, 6.07) is 7.71. The predicted molar refractivity (Wildman–Crippen MR) is 115 cm³/mol. The van der Waals surface area contributed by atoms with E-state index in [4.69, 9.17) is 16.3 Å². The molecule has 7 nitrogen and oxygen atoms in total. The van der Waals surface area contributed by atoms with Crippen molar-refractivity contribution < 1.29 is 22.7 Å². The van der Waals surface area contributed by atoms with Gasteiger partial charge in [0.2, 0.25) is 10.0 Å². The molecule has 1 unspecified atom stereocenters. The minimum Gasteiger partial charge on any atom is -0.452 e. The summed E-state index contributed by atoms with van der Waals surface area (Å²) in [5, 5.41) is 4.60. The van der Waals surface area contributed by atoms with Gasteiger partial charge in [-0.15, -0.1) is 11.3 Å². The second-order valence-electron chi connectivity index (χ2n) is 7.19. The van der Waals surface area contributed by atoms with Gasteiger partial charge in [0.1, 0.15) is 4.90 Å². The fourth-order valence-electron chi connectivity index (χ4n) is 3.20. The Morgan fingerprint density at radius 1 is 1.33 bits per heavy atom. The number of hydrogen-bond acceptors (Lipinski definition) is 6. The monoisotopic (exact) mass is 470 g/mol. The van der Waals surface area contributed by atoms with Crippen molar-refractivity contribution >= 4 is 44.8 Å². The SMILES string of the molecule is CC1CCCN(S(=O)(=O)c2cc(C(=O)OCC(=O)NCc3cccs3)ccc2Cl)C1. The first-order valence-electron chi connectivity index (χ1n) is 9.53. The van der Waals surface area contributed by atoms with Crippen molar-refractivity contribution in [1.29, 1.82) is 0 Å².